The van der Waals surface area contributed by atoms with Gasteiger partial charge in [0.1, 0.15) is 5.69 Å². The van der Waals surface area contributed by atoms with Crippen LogP contribution in [-0.4, -0.2) is 56.0 Å². The van der Waals surface area contributed by atoms with Gasteiger partial charge in [-0.3, -0.25) is 19.3 Å². The molecule has 0 aliphatic carbocycles. The third kappa shape index (κ3) is 3.47. The summed E-state index contributed by atoms with van der Waals surface area (Å²) in [6.07, 6.45) is 5.07. The van der Waals surface area contributed by atoms with Crippen molar-refractivity contribution in [3.8, 4) is 0 Å². The predicted molar refractivity (Wildman–Crippen MR) is 120 cm³/mol. The van der Waals surface area contributed by atoms with Crippen molar-refractivity contribution in [2.24, 2.45) is 12.5 Å². The molecular weight excluding hydrogens is 402 g/mol. The van der Waals surface area contributed by atoms with E-state index < -0.39 is 5.41 Å². The summed E-state index contributed by atoms with van der Waals surface area (Å²) in [5, 5.41) is 4.36. The lowest BCUT2D eigenvalue weighted by atomic mass is 9.70. The maximum atomic E-state index is 14.0. The molecule has 2 saturated heterocycles. The average molecular weight is 430 g/mol. The smallest absolute Gasteiger partial charge is 0.272 e. The van der Waals surface area contributed by atoms with Gasteiger partial charge < -0.3 is 9.80 Å². The van der Waals surface area contributed by atoms with Crippen LogP contribution in [0.3, 0.4) is 0 Å². The molecule has 2 atom stereocenters. The van der Waals surface area contributed by atoms with E-state index >= 15 is 0 Å². The van der Waals surface area contributed by atoms with Crippen LogP contribution in [0.5, 0.6) is 0 Å². The van der Waals surface area contributed by atoms with Gasteiger partial charge in [0.05, 0.1) is 5.41 Å². The first-order valence-corrected chi connectivity index (χ1v) is 11.1. The van der Waals surface area contributed by atoms with Crippen molar-refractivity contribution in [1.82, 2.24) is 24.6 Å². The SMILES string of the molecule is Cn1nccc1[C@@H]1CN(C(=O)c2ccccn2)C[C@]12CCCN(Cc1ccccc1)C2=O. The number of likely N-dealkylation sites (tertiary alicyclic amines) is 2. The second-order valence-corrected chi connectivity index (χ2v) is 8.80. The van der Waals surface area contributed by atoms with Crippen molar-refractivity contribution in [3.05, 3.63) is 83.9 Å². The highest BCUT2D eigenvalue weighted by Crippen LogP contribution is 2.49. The molecule has 2 fully saturated rings. The Hall–Kier alpha value is -3.48. The van der Waals surface area contributed by atoms with Crippen molar-refractivity contribution in [1.29, 1.82) is 0 Å². The molecule has 164 valence electrons. The molecule has 0 saturated carbocycles. The minimum absolute atomic E-state index is 0.103. The molecule has 2 aliphatic rings. The van der Waals surface area contributed by atoms with Crippen LogP contribution in [0.1, 0.15) is 40.5 Å². The summed E-state index contributed by atoms with van der Waals surface area (Å²) in [7, 11) is 1.90. The number of aromatic nitrogens is 3. The van der Waals surface area contributed by atoms with Crippen LogP contribution >= 0.6 is 0 Å². The van der Waals surface area contributed by atoms with Crippen LogP contribution in [0.4, 0.5) is 0 Å². The lowest BCUT2D eigenvalue weighted by Crippen LogP contribution is -2.52. The summed E-state index contributed by atoms with van der Waals surface area (Å²) < 4.78 is 1.84. The molecule has 1 aromatic carbocycles. The van der Waals surface area contributed by atoms with Crippen LogP contribution in [0.25, 0.3) is 0 Å². The van der Waals surface area contributed by atoms with Gasteiger partial charge in [-0.05, 0) is 36.6 Å². The van der Waals surface area contributed by atoms with E-state index in [-0.39, 0.29) is 17.7 Å². The zero-order chi connectivity index (χ0) is 22.1. The summed E-state index contributed by atoms with van der Waals surface area (Å²) in [5.74, 6) is -0.0912. The zero-order valence-corrected chi connectivity index (χ0v) is 18.2. The highest BCUT2D eigenvalue weighted by Gasteiger charge is 2.57. The quantitative estimate of drug-likeness (QED) is 0.639. The second-order valence-electron chi connectivity index (χ2n) is 8.80. The summed E-state index contributed by atoms with van der Waals surface area (Å²) in [6.45, 7) is 2.22. The lowest BCUT2D eigenvalue weighted by Gasteiger charge is -2.42. The molecule has 1 spiro atoms. The zero-order valence-electron chi connectivity index (χ0n) is 18.2. The van der Waals surface area contributed by atoms with Gasteiger partial charge in [0.15, 0.2) is 0 Å². The molecular formula is C25H27N5O2. The number of aryl methyl sites for hydroxylation is 1. The highest BCUT2D eigenvalue weighted by atomic mass is 16.2. The standard InChI is InChI=1S/C25H27N5O2/c1-28-22(11-14-27-28)20-17-30(23(31)21-10-5-6-13-26-21)18-25(20)12-7-15-29(24(25)32)16-19-8-3-2-4-9-19/h2-6,8-11,13-14,20H,7,12,15-18H2,1H3/t20-,25+/m0/s1. The van der Waals surface area contributed by atoms with E-state index in [1.807, 2.05) is 51.9 Å². The van der Waals surface area contributed by atoms with E-state index in [0.29, 0.717) is 25.3 Å². The first-order chi connectivity index (χ1) is 15.6. The molecule has 3 aromatic rings. The van der Waals surface area contributed by atoms with Crippen LogP contribution in [0.15, 0.2) is 67.0 Å². The Kier molecular flexibility index (Phi) is 5.25. The van der Waals surface area contributed by atoms with Gasteiger partial charge in [-0.1, -0.05) is 36.4 Å². The predicted octanol–water partition coefficient (Wildman–Crippen LogP) is 2.86. The van der Waals surface area contributed by atoms with Gasteiger partial charge in [-0.15, -0.1) is 0 Å². The molecule has 0 bridgehead atoms. The molecule has 7 nitrogen and oxygen atoms in total. The Morgan fingerprint density at radius 3 is 2.62 bits per heavy atom. The number of amides is 2. The molecule has 2 aromatic heterocycles. The van der Waals surface area contributed by atoms with E-state index in [0.717, 1.165) is 30.6 Å². The van der Waals surface area contributed by atoms with E-state index in [1.54, 1.807) is 24.5 Å². The van der Waals surface area contributed by atoms with Crippen LogP contribution < -0.4 is 0 Å². The topological polar surface area (TPSA) is 71.3 Å². The first kappa shape index (κ1) is 20.4. The minimum Gasteiger partial charge on any atom is -0.338 e. The second kappa shape index (κ2) is 8.22. The van der Waals surface area contributed by atoms with Gasteiger partial charge >= 0.3 is 0 Å². The van der Waals surface area contributed by atoms with E-state index in [2.05, 4.69) is 22.2 Å². The first-order valence-electron chi connectivity index (χ1n) is 11.1. The Bertz CT molecular complexity index is 1110. The van der Waals surface area contributed by atoms with Crippen molar-refractivity contribution in [3.63, 3.8) is 0 Å². The average Bonchev–Trinajstić information content (AvgIpc) is 3.41. The van der Waals surface area contributed by atoms with Gasteiger partial charge in [-0.2, -0.15) is 5.10 Å². The van der Waals surface area contributed by atoms with Gasteiger partial charge in [0.2, 0.25) is 5.91 Å². The lowest BCUT2D eigenvalue weighted by molar-refractivity contribution is -0.147. The molecule has 0 N–H and O–H groups in total. The number of hydrogen-bond donors (Lipinski definition) is 0. The molecule has 2 amide bonds. The van der Waals surface area contributed by atoms with Crippen molar-refractivity contribution < 1.29 is 9.59 Å². The number of hydrogen-bond acceptors (Lipinski definition) is 4. The fourth-order valence-electron chi connectivity index (χ4n) is 5.35. The number of nitrogens with zero attached hydrogens (tertiary/aromatic N) is 5. The molecule has 4 heterocycles. The Morgan fingerprint density at radius 1 is 1.09 bits per heavy atom. The van der Waals surface area contributed by atoms with Gasteiger partial charge in [-0.25, -0.2) is 0 Å². The maximum absolute atomic E-state index is 14.0. The fraction of sp³-hybridized carbons (Fsp3) is 0.360. The normalized spacial score (nSPS) is 23.2. The van der Waals surface area contributed by atoms with Crippen LogP contribution in [-0.2, 0) is 18.4 Å². The van der Waals surface area contributed by atoms with E-state index in [4.69, 9.17) is 0 Å². The Morgan fingerprint density at radius 2 is 1.91 bits per heavy atom. The molecule has 5 rings (SSSR count). The van der Waals surface area contributed by atoms with Gasteiger partial charge in [0, 0.05) is 57.2 Å². The number of carbonyl (C=O) groups is 2. The van der Waals surface area contributed by atoms with Crippen LogP contribution in [0.2, 0.25) is 0 Å². The summed E-state index contributed by atoms with van der Waals surface area (Å²) in [5.41, 5.74) is 1.88. The summed E-state index contributed by atoms with van der Waals surface area (Å²) in [6, 6.07) is 17.4. The van der Waals surface area contributed by atoms with Crippen LogP contribution in [0, 0.1) is 5.41 Å². The molecule has 2 aliphatic heterocycles. The molecule has 32 heavy (non-hydrogen) atoms. The number of carbonyl (C=O) groups excluding carboxylic acids is 2. The van der Waals surface area contributed by atoms with Crippen molar-refractivity contribution in [2.45, 2.75) is 25.3 Å². The number of benzene rings is 1. The monoisotopic (exact) mass is 429 g/mol. The van der Waals surface area contributed by atoms with Gasteiger partial charge in [0.25, 0.3) is 5.91 Å². The molecule has 0 radical (unpaired) electrons. The number of piperidine rings is 1. The third-order valence-corrected chi connectivity index (χ3v) is 6.91. The van der Waals surface area contributed by atoms with E-state index in [1.165, 1.54) is 0 Å². The highest BCUT2D eigenvalue weighted by molar-refractivity contribution is 5.94. The molecule has 0 unspecified atom stereocenters. The summed E-state index contributed by atoms with van der Waals surface area (Å²) >= 11 is 0. The largest absolute Gasteiger partial charge is 0.338 e. The Balaban J connectivity index is 1.49. The number of pyridine rings is 1. The molecule has 7 heteroatoms. The van der Waals surface area contributed by atoms with E-state index in [9.17, 15) is 9.59 Å². The third-order valence-electron chi connectivity index (χ3n) is 6.91. The van der Waals surface area contributed by atoms with Crippen molar-refractivity contribution in [2.75, 3.05) is 19.6 Å². The number of rotatable bonds is 4. The maximum Gasteiger partial charge on any atom is 0.272 e. The minimum atomic E-state index is -0.648. The van der Waals surface area contributed by atoms with Crippen molar-refractivity contribution >= 4 is 11.8 Å². The summed E-state index contributed by atoms with van der Waals surface area (Å²) in [4.78, 5) is 35.3. The Labute approximate surface area is 187 Å². The fourth-order valence-corrected chi connectivity index (χ4v) is 5.35.